The topological polar surface area (TPSA) is 41.9 Å². The Hall–Kier alpha value is -1.10. The van der Waals surface area contributed by atoms with Crippen molar-refractivity contribution in [3.63, 3.8) is 0 Å². The van der Waals surface area contributed by atoms with Gasteiger partial charge in [0.15, 0.2) is 0 Å². The Morgan fingerprint density at radius 1 is 1.39 bits per heavy atom. The summed E-state index contributed by atoms with van der Waals surface area (Å²) in [5.41, 5.74) is 1.22. The van der Waals surface area contributed by atoms with E-state index in [2.05, 4.69) is 17.0 Å². The van der Waals surface area contributed by atoms with Gasteiger partial charge in [0.05, 0.1) is 12.7 Å². The maximum Gasteiger partial charge on any atom is 0.119 e. The third-order valence-electron chi connectivity index (χ3n) is 3.11. The zero-order valence-electron chi connectivity index (χ0n) is 10.8. The van der Waals surface area contributed by atoms with Gasteiger partial charge in [0.25, 0.3) is 0 Å². The smallest absolute Gasteiger partial charge is 0.119 e. The summed E-state index contributed by atoms with van der Waals surface area (Å²) in [6.45, 7) is 3.79. The first-order valence-corrected chi connectivity index (χ1v) is 6.39. The number of hydrogen-bond donors (Lipinski definition) is 1. The molecule has 0 spiro atoms. The molecule has 4 heteroatoms. The van der Waals surface area contributed by atoms with Gasteiger partial charge in [-0.2, -0.15) is 0 Å². The van der Waals surface area contributed by atoms with E-state index in [0.717, 1.165) is 31.8 Å². The Kier molecular flexibility index (Phi) is 4.99. The van der Waals surface area contributed by atoms with Crippen LogP contribution in [0.25, 0.3) is 0 Å². The van der Waals surface area contributed by atoms with E-state index in [1.165, 1.54) is 5.56 Å². The Balaban J connectivity index is 1.86. The molecule has 0 radical (unpaired) electrons. The highest BCUT2D eigenvalue weighted by Gasteiger charge is 2.19. The first-order valence-electron chi connectivity index (χ1n) is 6.39. The Bertz CT molecular complexity index is 370. The SMILES string of the molecule is COCCOc1cccc(CN2CC[C@H](O)C2)c1. The van der Waals surface area contributed by atoms with Crippen molar-refractivity contribution in [1.82, 2.24) is 4.90 Å². The van der Waals surface area contributed by atoms with Gasteiger partial charge in [-0.25, -0.2) is 0 Å². The van der Waals surface area contributed by atoms with Crippen molar-refractivity contribution in [1.29, 1.82) is 0 Å². The van der Waals surface area contributed by atoms with Gasteiger partial charge in [0, 0.05) is 26.7 Å². The third-order valence-corrected chi connectivity index (χ3v) is 3.11. The molecule has 1 N–H and O–H groups in total. The molecule has 1 fully saturated rings. The first kappa shape index (κ1) is 13.3. The first-order chi connectivity index (χ1) is 8.78. The lowest BCUT2D eigenvalue weighted by Crippen LogP contribution is -2.21. The predicted octanol–water partition coefficient (Wildman–Crippen LogP) is 1.28. The van der Waals surface area contributed by atoms with Crippen molar-refractivity contribution in [2.24, 2.45) is 0 Å². The highest BCUT2D eigenvalue weighted by atomic mass is 16.5. The molecule has 0 amide bonds. The number of nitrogens with zero attached hydrogens (tertiary/aromatic N) is 1. The molecule has 1 heterocycles. The third kappa shape index (κ3) is 3.98. The fourth-order valence-electron chi connectivity index (χ4n) is 2.19. The maximum absolute atomic E-state index is 9.50. The molecule has 1 aromatic rings. The summed E-state index contributed by atoms with van der Waals surface area (Å²) >= 11 is 0. The van der Waals surface area contributed by atoms with Gasteiger partial charge in [0.2, 0.25) is 0 Å². The van der Waals surface area contributed by atoms with Crippen molar-refractivity contribution in [2.75, 3.05) is 33.4 Å². The number of methoxy groups -OCH3 is 1. The summed E-state index contributed by atoms with van der Waals surface area (Å²) in [5, 5.41) is 9.50. The normalized spacial score (nSPS) is 20.2. The van der Waals surface area contributed by atoms with Gasteiger partial charge in [-0.05, 0) is 24.1 Å². The molecular weight excluding hydrogens is 230 g/mol. The van der Waals surface area contributed by atoms with Gasteiger partial charge in [0.1, 0.15) is 12.4 Å². The van der Waals surface area contributed by atoms with E-state index in [9.17, 15) is 5.11 Å². The largest absolute Gasteiger partial charge is 0.491 e. The zero-order chi connectivity index (χ0) is 12.8. The molecule has 1 atom stereocenters. The number of likely N-dealkylation sites (tertiary alicyclic amines) is 1. The van der Waals surface area contributed by atoms with E-state index in [1.807, 2.05) is 12.1 Å². The standard InChI is InChI=1S/C14H21NO3/c1-17-7-8-18-14-4-2-3-12(9-14)10-15-6-5-13(16)11-15/h2-4,9,13,16H,5-8,10-11H2,1H3/t13-/m0/s1. The summed E-state index contributed by atoms with van der Waals surface area (Å²) in [7, 11) is 1.67. The van der Waals surface area contributed by atoms with Crippen LogP contribution in [0.5, 0.6) is 5.75 Å². The second kappa shape index (κ2) is 6.73. The Morgan fingerprint density at radius 3 is 3.00 bits per heavy atom. The van der Waals surface area contributed by atoms with Crippen molar-refractivity contribution in [2.45, 2.75) is 19.1 Å². The summed E-state index contributed by atoms with van der Waals surface area (Å²) in [4.78, 5) is 2.26. The molecule has 0 aromatic heterocycles. The van der Waals surface area contributed by atoms with Crippen LogP contribution in [0.15, 0.2) is 24.3 Å². The molecule has 4 nitrogen and oxygen atoms in total. The number of rotatable bonds is 6. The average Bonchev–Trinajstić information content (AvgIpc) is 2.76. The molecular formula is C14H21NO3. The van der Waals surface area contributed by atoms with Crippen LogP contribution in [-0.4, -0.2) is 49.5 Å². The molecule has 18 heavy (non-hydrogen) atoms. The van der Waals surface area contributed by atoms with E-state index in [-0.39, 0.29) is 6.10 Å². The monoisotopic (exact) mass is 251 g/mol. The van der Waals surface area contributed by atoms with E-state index in [4.69, 9.17) is 9.47 Å². The van der Waals surface area contributed by atoms with Gasteiger partial charge >= 0.3 is 0 Å². The molecule has 1 aromatic carbocycles. The lowest BCUT2D eigenvalue weighted by molar-refractivity contribution is 0.146. The Labute approximate surface area is 108 Å². The lowest BCUT2D eigenvalue weighted by Gasteiger charge is -2.15. The highest BCUT2D eigenvalue weighted by molar-refractivity contribution is 5.28. The van der Waals surface area contributed by atoms with Gasteiger partial charge < -0.3 is 14.6 Å². The van der Waals surface area contributed by atoms with Crippen LogP contribution in [0.4, 0.5) is 0 Å². The number of benzene rings is 1. The summed E-state index contributed by atoms with van der Waals surface area (Å²) in [6.07, 6.45) is 0.718. The number of hydrogen-bond acceptors (Lipinski definition) is 4. The molecule has 100 valence electrons. The van der Waals surface area contributed by atoms with Crippen LogP contribution < -0.4 is 4.74 Å². The van der Waals surface area contributed by atoms with E-state index >= 15 is 0 Å². The van der Waals surface area contributed by atoms with Crippen LogP contribution >= 0.6 is 0 Å². The van der Waals surface area contributed by atoms with Crippen LogP contribution in [-0.2, 0) is 11.3 Å². The second-order valence-electron chi connectivity index (χ2n) is 4.67. The van der Waals surface area contributed by atoms with Gasteiger partial charge in [-0.1, -0.05) is 12.1 Å². The summed E-state index contributed by atoms with van der Waals surface area (Å²) in [5.74, 6) is 0.879. The van der Waals surface area contributed by atoms with E-state index in [0.29, 0.717) is 13.2 Å². The molecule has 1 aliphatic rings. The number of ether oxygens (including phenoxy) is 2. The minimum atomic E-state index is -0.161. The fraction of sp³-hybridized carbons (Fsp3) is 0.571. The molecule has 1 saturated heterocycles. The van der Waals surface area contributed by atoms with Crippen LogP contribution in [0.1, 0.15) is 12.0 Å². The highest BCUT2D eigenvalue weighted by Crippen LogP contribution is 2.17. The van der Waals surface area contributed by atoms with E-state index in [1.54, 1.807) is 7.11 Å². The van der Waals surface area contributed by atoms with Crippen LogP contribution in [0, 0.1) is 0 Å². The second-order valence-corrected chi connectivity index (χ2v) is 4.67. The number of aliphatic hydroxyl groups excluding tert-OH is 1. The number of β-amino-alcohol motifs (C(OH)–C–C–N with tert-alkyl or cyclic N) is 1. The lowest BCUT2D eigenvalue weighted by atomic mass is 10.2. The maximum atomic E-state index is 9.50. The number of aliphatic hydroxyl groups is 1. The van der Waals surface area contributed by atoms with Crippen molar-refractivity contribution < 1.29 is 14.6 Å². The minimum absolute atomic E-state index is 0.161. The minimum Gasteiger partial charge on any atom is -0.491 e. The average molecular weight is 251 g/mol. The Morgan fingerprint density at radius 2 is 2.28 bits per heavy atom. The van der Waals surface area contributed by atoms with Crippen LogP contribution in [0.2, 0.25) is 0 Å². The van der Waals surface area contributed by atoms with Gasteiger partial charge in [-0.15, -0.1) is 0 Å². The summed E-state index contributed by atoms with van der Waals surface area (Å²) in [6, 6.07) is 8.11. The van der Waals surface area contributed by atoms with E-state index < -0.39 is 0 Å². The van der Waals surface area contributed by atoms with Crippen LogP contribution in [0.3, 0.4) is 0 Å². The molecule has 0 aliphatic carbocycles. The van der Waals surface area contributed by atoms with Crippen molar-refractivity contribution >= 4 is 0 Å². The molecule has 2 rings (SSSR count). The van der Waals surface area contributed by atoms with Gasteiger partial charge in [-0.3, -0.25) is 4.90 Å². The molecule has 0 bridgehead atoms. The molecule has 0 unspecified atom stereocenters. The summed E-state index contributed by atoms with van der Waals surface area (Å²) < 4.78 is 10.5. The van der Waals surface area contributed by atoms with Crippen molar-refractivity contribution in [3.8, 4) is 5.75 Å². The van der Waals surface area contributed by atoms with Crippen molar-refractivity contribution in [3.05, 3.63) is 29.8 Å². The molecule has 1 aliphatic heterocycles. The quantitative estimate of drug-likeness (QED) is 0.773. The fourth-order valence-corrected chi connectivity index (χ4v) is 2.19. The zero-order valence-corrected chi connectivity index (χ0v) is 10.8. The predicted molar refractivity (Wildman–Crippen MR) is 69.7 cm³/mol. The molecule has 0 saturated carbocycles.